The number of aromatic amines is 1. The molecule has 2 aromatic carbocycles. The van der Waals surface area contributed by atoms with E-state index in [9.17, 15) is 0 Å². The third-order valence-electron chi connectivity index (χ3n) is 4.22. The molecule has 3 rings (SSSR count). The second-order valence-corrected chi connectivity index (χ2v) is 5.99. The minimum Gasteiger partial charge on any atom is -0.370 e. The summed E-state index contributed by atoms with van der Waals surface area (Å²) in [6.07, 6.45) is 3.90. The minimum absolute atomic E-state index is 0.516. The molecular formula is C20H24N4. The van der Waals surface area contributed by atoms with Crippen molar-refractivity contribution in [3.8, 4) is 0 Å². The second kappa shape index (κ2) is 7.68. The average Bonchev–Trinajstić information content (AvgIpc) is 3.00. The topological polar surface area (TPSA) is 66.2 Å². The smallest absolute Gasteiger partial charge is 0.188 e. The summed E-state index contributed by atoms with van der Waals surface area (Å²) in [6, 6.07) is 16.7. The Balaban J connectivity index is 1.50. The lowest BCUT2D eigenvalue weighted by Gasteiger charge is -2.06. The Kier molecular flexibility index (Phi) is 5.16. The molecule has 0 fully saturated rings. The van der Waals surface area contributed by atoms with Gasteiger partial charge in [-0.15, -0.1) is 0 Å². The molecule has 3 aromatic rings. The van der Waals surface area contributed by atoms with E-state index in [-0.39, 0.29) is 0 Å². The van der Waals surface area contributed by atoms with Crippen molar-refractivity contribution in [2.75, 3.05) is 13.1 Å². The maximum absolute atomic E-state index is 5.95. The van der Waals surface area contributed by atoms with E-state index in [1.165, 1.54) is 27.6 Å². The molecule has 0 saturated heterocycles. The number of guanidine groups is 1. The Morgan fingerprint density at radius 3 is 2.75 bits per heavy atom. The van der Waals surface area contributed by atoms with E-state index in [4.69, 9.17) is 5.73 Å². The molecule has 0 atom stereocenters. The van der Waals surface area contributed by atoms with E-state index in [0.29, 0.717) is 12.5 Å². The first-order valence-corrected chi connectivity index (χ1v) is 8.37. The molecule has 0 amide bonds. The number of hydrogen-bond acceptors (Lipinski definition) is 1. The van der Waals surface area contributed by atoms with Gasteiger partial charge in [-0.1, -0.05) is 42.5 Å². The predicted molar refractivity (Wildman–Crippen MR) is 101 cm³/mol. The molecule has 24 heavy (non-hydrogen) atoms. The van der Waals surface area contributed by atoms with Crippen molar-refractivity contribution >= 4 is 16.9 Å². The van der Waals surface area contributed by atoms with E-state index in [1.807, 2.05) is 6.07 Å². The normalized spacial score (nSPS) is 11.8. The molecule has 4 heteroatoms. The van der Waals surface area contributed by atoms with Crippen molar-refractivity contribution in [3.63, 3.8) is 0 Å². The van der Waals surface area contributed by atoms with Gasteiger partial charge >= 0.3 is 0 Å². The maximum atomic E-state index is 5.95. The van der Waals surface area contributed by atoms with E-state index in [2.05, 4.69) is 70.9 Å². The number of hydrogen-bond donors (Lipinski definition) is 3. The number of nitrogens with two attached hydrogens (primary N) is 1. The quantitative estimate of drug-likeness (QED) is 0.482. The zero-order chi connectivity index (χ0) is 16.8. The van der Waals surface area contributed by atoms with Gasteiger partial charge in [0.1, 0.15) is 0 Å². The summed E-state index contributed by atoms with van der Waals surface area (Å²) in [5.41, 5.74) is 11.0. The van der Waals surface area contributed by atoms with Crippen molar-refractivity contribution < 1.29 is 0 Å². The van der Waals surface area contributed by atoms with Crippen LogP contribution in [0.2, 0.25) is 0 Å². The first kappa shape index (κ1) is 16.1. The molecule has 4 N–H and O–H groups in total. The van der Waals surface area contributed by atoms with Crippen molar-refractivity contribution in [1.82, 2.24) is 10.3 Å². The molecule has 1 heterocycles. The zero-order valence-corrected chi connectivity index (χ0v) is 14.0. The van der Waals surface area contributed by atoms with Gasteiger partial charge in [-0.2, -0.15) is 0 Å². The van der Waals surface area contributed by atoms with Crippen LogP contribution < -0.4 is 11.1 Å². The van der Waals surface area contributed by atoms with Gasteiger partial charge in [0.15, 0.2) is 5.96 Å². The highest BCUT2D eigenvalue weighted by Crippen LogP contribution is 2.22. The van der Waals surface area contributed by atoms with E-state index >= 15 is 0 Å². The van der Waals surface area contributed by atoms with Crippen LogP contribution in [0.3, 0.4) is 0 Å². The molecule has 0 spiro atoms. The summed E-state index contributed by atoms with van der Waals surface area (Å²) in [7, 11) is 0. The van der Waals surface area contributed by atoms with Crippen LogP contribution in [0.4, 0.5) is 0 Å². The summed E-state index contributed by atoms with van der Waals surface area (Å²) in [5, 5.41) is 4.49. The fourth-order valence-corrected chi connectivity index (χ4v) is 2.98. The zero-order valence-electron chi connectivity index (χ0n) is 14.0. The second-order valence-electron chi connectivity index (χ2n) is 5.99. The van der Waals surface area contributed by atoms with Gasteiger partial charge in [-0.05, 0) is 42.5 Å². The fraction of sp³-hybridized carbons (Fsp3) is 0.250. The largest absolute Gasteiger partial charge is 0.370 e. The lowest BCUT2D eigenvalue weighted by Crippen LogP contribution is -2.33. The number of nitrogens with zero attached hydrogens (tertiary/aromatic N) is 1. The van der Waals surface area contributed by atoms with Crippen LogP contribution in [0.25, 0.3) is 10.9 Å². The van der Waals surface area contributed by atoms with Gasteiger partial charge in [0.25, 0.3) is 0 Å². The highest BCUT2D eigenvalue weighted by Gasteiger charge is 2.05. The standard InChI is InChI=1S/C20H24N4/c1-15-6-5-9-18-19(15)17(14-24-18)11-13-23-20(21)22-12-10-16-7-3-2-4-8-16/h2-9,14,24H,10-13H2,1H3,(H3,21,22,23). The third-order valence-corrected chi connectivity index (χ3v) is 4.22. The van der Waals surface area contributed by atoms with E-state index in [0.717, 1.165) is 19.4 Å². The summed E-state index contributed by atoms with van der Waals surface area (Å²) < 4.78 is 0. The van der Waals surface area contributed by atoms with Gasteiger partial charge in [-0.25, -0.2) is 0 Å². The van der Waals surface area contributed by atoms with Crippen molar-refractivity contribution in [2.45, 2.75) is 19.8 Å². The molecule has 0 aliphatic heterocycles. The Morgan fingerprint density at radius 2 is 1.92 bits per heavy atom. The van der Waals surface area contributed by atoms with Gasteiger partial charge < -0.3 is 16.0 Å². The number of rotatable bonds is 6. The Morgan fingerprint density at radius 1 is 1.08 bits per heavy atom. The summed E-state index contributed by atoms with van der Waals surface area (Å²) in [6.45, 7) is 3.62. The number of H-pyrrole nitrogens is 1. The van der Waals surface area contributed by atoms with Crippen molar-refractivity contribution in [1.29, 1.82) is 0 Å². The van der Waals surface area contributed by atoms with Gasteiger partial charge in [0, 0.05) is 30.2 Å². The molecular weight excluding hydrogens is 296 g/mol. The van der Waals surface area contributed by atoms with Gasteiger partial charge in [0.2, 0.25) is 0 Å². The van der Waals surface area contributed by atoms with E-state index in [1.54, 1.807) is 0 Å². The molecule has 1 aromatic heterocycles. The van der Waals surface area contributed by atoms with Crippen LogP contribution in [0.1, 0.15) is 16.7 Å². The molecule has 4 nitrogen and oxygen atoms in total. The first-order valence-electron chi connectivity index (χ1n) is 8.37. The Bertz CT molecular complexity index is 818. The summed E-state index contributed by atoms with van der Waals surface area (Å²) in [4.78, 5) is 7.76. The van der Waals surface area contributed by atoms with Crippen LogP contribution >= 0.6 is 0 Å². The van der Waals surface area contributed by atoms with Crippen LogP contribution in [-0.4, -0.2) is 24.0 Å². The molecule has 0 aliphatic carbocycles. The summed E-state index contributed by atoms with van der Waals surface area (Å²) >= 11 is 0. The number of aryl methyl sites for hydroxylation is 1. The first-order chi connectivity index (χ1) is 11.7. The molecule has 0 unspecified atom stereocenters. The number of benzene rings is 2. The molecule has 124 valence electrons. The van der Waals surface area contributed by atoms with Crippen LogP contribution in [0.5, 0.6) is 0 Å². The number of aromatic nitrogens is 1. The third kappa shape index (κ3) is 3.96. The van der Waals surface area contributed by atoms with Crippen molar-refractivity contribution in [2.24, 2.45) is 10.7 Å². The molecule has 0 saturated carbocycles. The van der Waals surface area contributed by atoms with Crippen LogP contribution in [0.15, 0.2) is 59.7 Å². The predicted octanol–water partition coefficient (Wildman–Crippen LogP) is 3.17. The SMILES string of the molecule is Cc1cccc2[nH]cc(CCN=C(N)NCCc3ccccc3)c12. The summed E-state index contributed by atoms with van der Waals surface area (Å²) in [5.74, 6) is 0.516. The van der Waals surface area contributed by atoms with Crippen LogP contribution in [0, 0.1) is 6.92 Å². The monoisotopic (exact) mass is 320 g/mol. The highest BCUT2D eigenvalue weighted by molar-refractivity contribution is 5.86. The lowest BCUT2D eigenvalue weighted by molar-refractivity contribution is 0.844. The van der Waals surface area contributed by atoms with Gasteiger partial charge in [-0.3, -0.25) is 4.99 Å². The van der Waals surface area contributed by atoms with Gasteiger partial charge in [0.05, 0.1) is 0 Å². The van der Waals surface area contributed by atoms with Crippen molar-refractivity contribution in [3.05, 3.63) is 71.4 Å². The molecule has 0 aliphatic rings. The Hall–Kier alpha value is -2.75. The minimum atomic E-state index is 0.516. The number of aliphatic imine (C=N–C) groups is 1. The number of fused-ring (bicyclic) bond motifs is 1. The number of nitrogens with one attached hydrogen (secondary N) is 2. The van der Waals surface area contributed by atoms with E-state index < -0.39 is 0 Å². The fourth-order valence-electron chi connectivity index (χ4n) is 2.98. The lowest BCUT2D eigenvalue weighted by atomic mass is 10.1. The highest BCUT2D eigenvalue weighted by atomic mass is 15.1. The maximum Gasteiger partial charge on any atom is 0.188 e. The Labute approximate surface area is 142 Å². The molecule has 0 bridgehead atoms. The molecule has 0 radical (unpaired) electrons. The van der Waals surface area contributed by atoms with Crippen LogP contribution in [-0.2, 0) is 12.8 Å². The average molecular weight is 320 g/mol.